The van der Waals surface area contributed by atoms with Crippen LogP contribution in [0.25, 0.3) is 6.08 Å². The van der Waals surface area contributed by atoms with Crippen LogP contribution in [0.3, 0.4) is 0 Å². The molecule has 1 fully saturated rings. The van der Waals surface area contributed by atoms with Crippen LogP contribution in [-0.4, -0.2) is 67.2 Å². The number of piperazine rings is 1. The summed E-state index contributed by atoms with van der Waals surface area (Å²) < 4.78 is 44.8. The summed E-state index contributed by atoms with van der Waals surface area (Å²) >= 11 is 0. The molecule has 0 N–H and O–H groups in total. The van der Waals surface area contributed by atoms with Gasteiger partial charge in [0.05, 0.1) is 17.8 Å². The lowest BCUT2D eigenvalue weighted by Gasteiger charge is -2.33. The van der Waals surface area contributed by atoms with Crippen LogP contribution in [0.15, 0.2) is 34.9 Å². The molecule has 1 saturated heterocycles. The average molecular weight is 475 g/mol. The summed E-state index contributed by atoms with van der Waals surface area (Å²) in [5, 5.41) is 15.6. The minimum absolute atomic E-state index is 0.00117. The molecule has 9 nitrogen and oxygen atoms in total. The van der Waals surface area contributed by atoms with Crippen LogP contribution in [-0.2, 0) is 24.1 Å². The second-order valence-corrected chi connectivity index (χ2v) is 8.14. The van der Waals surface area contributed by atoms with Gasteiger partial charge in [-0.2, -0.15) is 18.0 Å². The lowest BCUT2D eigenvalue weighted by atomic mass is 10.0. The Bertz CT molecular complexity index is 1180. The van der Waals surface area contributed by atoms with E-state index in [9.17, 15) is 18.0 Å². The minimum atomic E-state index is -4.48. The zero-order chi connectivity index (χ0) is 24.3. The summed E-state index contributed by atoms with van der Waals surface area (Å²) in [6, 6.07) is 5.28. The van der Waals surface area contributed by atoms with Crippen molar-refractivity contribution in [3.8, 4) is 0 Å². The van der Waals surface area contributed by atoms with Crippen LogP contribution < -0.4 is 0 Å². The zero-order valence-electron chi connectivity index (χ0n) is 18.8. The number of tetrazole rings is 1. The molecule has 0 bridgehead atoms. The fraction of sp³-hybridized carbons (Fsp3) is 0.409. The predicted molar refractivity (Wildman–Crippen MR) is 115 cm³/mol. The highest BCUT2D eigenvalue weighted by Crippen LogP contribution is 2.31. The van der Waals surface area contributed by atoms with E-state index in [0.717, 1.165) is 23.6 Å². The van der Waals surface area contributed by atoms with Gasteiger partial charge in [0.25, 0.3) is 0 Å². The molecule has 3 aromatic rings. The fourth-order valence-corrected chi connectivity index (χ4v) is 3.74. The van der Waals surface area contributed by atoms with Gasteiger partial charge < -0.3 is 9.42 Å². The minimum Gasteiger partial charge on any atom is -0.361 e. The van der Waals surface area contributed by atoms with Gasteiger partial charge in [0.2, 0.25) is 5.91 Å². The maximum Gasteiger partial charge on any atom is 0.416 e. The summed E-state index contributed by atoms with van der Waals surface area (Å²) in [6.45, 7) is 6.60. The Hall–Kier alpha value is -3.54. The van der Waals surface area contributed by atoms with Crippen LogP contribution in [0.4, 0.5) is 13.2 Å². The monoisotopic (exact) mass is 475 g/mol. The van der Waals surface area contributed by atoms with Gasteiger partial charge >= 0.3 is 6.18 Å². The van der Waals surface area contributed by atoms with E-state index in [0.29, 0.717) is 49.7 Å². The van der Waals surface area contributed by atoms with Gasteiger partial charge in [0, 0.05) is 44.9 Å². The lowest BCUT2D eigenvalue weighted by Crippen LogP contribution is -2.47. The Morgan fingerprint density at radius 3 is 2.50 bits per heavy atom. The molecular weight excluding hydrogens is 451 g/mol. The van der Waals surface area contributed by atoms with Crippen LogP contribution in [0.1, 0.15) is 34.0 Å². The van der Waals surface area contributed by atoms with Crippen LogP contribution in [0.2, 0.25) is 0 Å². The summed E-state index contributed by atoms with van der Waals surface area (Å²) in [4.78, 5) is 17.8. The van der Waals surface area contributed by atoms with Crippen molar-refractivity contribution in [1.82, 2.24) is 35.2 Å². The van der Waals surface area contributed by atoms with Gasteiger partial charge in [-0.1, -0.05) is 11.2 Å². The summed E-state index contributed by atoms with van der Waals surface area (Å²) in [5.41, 5.74) is 0.894. The Kier molecular flexibility index (Phi) is 6.77. The average Bonchev–Trinajstić information content (AvgIpc) is 3.39. The number of carbonyl (C=O) groups excluding carboxylic acids is 1. The highest BCUT2D eigenvalue weighted by molar-refractivity contribution is 5.92. The Balaban J connectivity index is 1.42. The number of hydrogen-bond acceptors (Lipinski definition) is 7. The first-order chi connectivity index (χ1) is 16.2. The smallest absolute Gasteiger partial charge is 0.361 e. The molecule has 0 aliphatic carbocycles. The second kappa shape index (κ2) is 9.75. The molecule has 1 aromatic carbocycles. The van der Waals surface area contributed by atoms with Crippen molar-refractivity contribution < 1.29 is 22.5 Å². The Labute approximate surface area is 193 Å². The molecule has 4 rings (SSSR count). The number of alkyl halides is 3. The molecule has 1 aliphatic rings. The lowest BCUT2D eigenvalue weighted by molar-refractivity contribution is -0.137. The molecule has 34 heavy (non-hydrogen) atoms. The third kappa shape index (κ3) is 5.87. The van der Waals surface area contributed by atoms with Crippen molar-refractivity contribution in [2.24, 2.45) is 0 Å². The number of nitrogens with zero attached hydrogens (tertiary/aromatic N) is 7. The number of amides is 1. The van der Waals surface area contributed by atoms with Gasteiger partial charge in [-0.3, -0.25) is 9.69 Å². The quantitative estimate of drug-likeness (QED) is 0.506. The van der Waals surface area contributed by atoms with Crippen LogP contribution in [0, 0.1) is 13.8 Å². The molecule has 1 aliphatic heterocycles. The number of aromatic nitrogens is 5. The summed E-state index contributed by atoms with van der Waals surface area (Å²) in [5.74, 6) is 0.973. The van der Waals surface area contributed by atoms with E-state index in [1.807, 2.05) is 13.0 Å². The molecular formula is C22H24F3N7O2. The summed E-state index contributed by atoms with van der Waals surface area (Å²) in [6.07, 6.45) is -1.56. The third-order valence-corrected chi connectivity index (χ3v) is 5.49. The van der Waals surface area contributed by atoms with E-state index in [2.05, 4.69) is 25.5 Å². The first kappa shape index (κ1) is 23.6. The maximum absolute atomic E-state index is 13.2. The first-order valence-corrected chi connectivity index (χ1v) is 10.7. The molecule has 180 valence electrons. The van der Waals surface area contributed by atoms with E-state index >= 15 is 0 Å². The van der Waals surface area contributed by atoms with Gasteiger partial charge in [0.1, 0.15) is 5.76 Å². The number of rotatable bonds is 6. The largest absolute Gasteiger partial charge is 0.416 e. The number of carbonyl (C=O) groups is 1. The molecule has 1 amide bonds. The van der Waals surface area contributed by atoms with Crippen LogP contribution in [0.5, 0.6) is 0 Å². The van der Waals surface area contributed by atoms with Crippen molar-refractivity contribution >= 4 is 12.0 Å². The number of aryl methyl sites for hydroxylation is 2. The van der Waals surface area contributed by atoms with E-state index in [1.165, 1.54) is 23.0 Å². The van der Waals surface area contributed by atoms with Crippen molar-refractivity contribution in [3.63, 3.8) is 0 Å². The highest BCUT2D eigenvalue weighted by Gasteiger charge is 2.31. The first-order valence-electron chi connectivity index (χ1n) is 10.7. The van der Waals surface area contributed by atoms with E-state index in [1.54, 1.807) is 11.8 Å². The molecule has 3 heterocycles. The van der Waals surface area contributed by atoms with Crippen molar-refractivity contribution in [1.29, 1.82) is 0 Å². The number of halogens is 3. The van der Waals surface area contributed by atoms with Gasteiger partial charge in [-0.25, -0.2) is 0 Å². The molecule has 0 spiro atoms. The fourth-order valence-electron chi connectivity index (χ4n) is 3.74. The second-order valence-electron chi connectivity index (χ2n) is 8.14. The van der Waals surface area contributed by atoms with Gasteiger partial charge in [-0.05, 0) is 48.4 Å². The van der Waals surface area contributed by atoms with E-state index in [-0.39, 0.29) is 12.5 Å². The van der Waals surface area contributed by atoms with Crippen LogP contribution >= 0.6 is 0 Å². The molecule has 0 atom stereocenters. The third-order valence-electron chi connectivity index (χ3n) is 5.49. The molecule has 12 heteroatoms. The summed E-state index contributed by atoms with van der Waals surface area (Å²) in [7, 11) is 0. The highest BCUT2D eigenvalue weighted by atomic mass is 19.4. The Morgan fingerprint density at radius 2 is 1.88 bits per heavy atom. The van der Waals surface area contributed by atoms with Crippen molar-refractivity contribution in [3.05, 3.63) is 64.3 Å². The number of benzene rings is 1. The Morgan fingerprint density at radius 1 is 1.12 bits per heavy atom. The van der Waals surface area contributed by atoms with Crippen molar-refractivity contribution in [2.45, 2.75) is 33.1 Å². The zero-order valence-corrected chi connectivity index (χ0v) is 18.8. The molecule has 0 radical (unpaired) electrons. The van der Waals surface area contributed by atoms with Gasteiger partial charge in [-0.15, -0.1) is 10.2 Å². The molecule has 0 saturated carbocycles. The molecule has 2 aromatic heterocycles. The van der Waals surface area contributed by atoms with Crippen molar-refractivity contribution in [2.75, 3.05) is 26.2 Å². The standard InChI is InChI=1S/C22H24F3N7O2/c1-15-11-20(28-34-15)14-30-7-9-31(10-8-30)21(33)6-4-17-3-5-19(22(23,24)25)12-18(17)13-32-27-16(2)26-29-32/h3-6,11-12H,7-10,13-14H2,1-2H3. The topological polar surface area (TPSA) is 93.2 Å². The number of hydrogen-bond donors (Lipinski definition) is 0. The predicted octanol–water partition coefficient (Wildman–Crippen LogP) is 2.70. The SMILES string of the molecule is Cc1nnn(Cc2cc(C(F)(F)F)ccc2C=CC(=O)N2CCN(Cc3cc(C)on3)CC2)n1. The van der Waals surface area contributed by atoms with E-state index in [4.69, 9.17) is 4.52 Å². The normalized spacial score (nSPS) is 15.4. The van der Waals surface area contributed by atoms with E-state index < -0.39 is 11.7 Å². The maximum atomic E-state index is 13.2. The molecule has 0 unspecified atom stereocenters. The van der Waals surface area contributed by atoms with Gasteiger partial charge in [0.15, 0.2) is 5.82 Å².